The molecule has 1 amide bonds. The normalized spacial score (nSPS) is 22.8. The molecule has 1 aromatic carbocycles. The number of piperidine rings is 1. The molecule has 122 valence electrons. The summed E-state index contributed by atoms with van der Waals surface area (Å²) < 4.78 is 11.6. The molecular weight excluding hydrogens is 372 g/mol. The fraction of sp³-hybridized carbons (Fsp3) is 0.533. The molecule has 0 aliphatic carbocycles. The highest BCUT2D eigenvalue weighted by atomic mass is 79.9. The van der Waals surface area contributed by atoms with Crippen molar-refractivity contribution in [2.24, 2.45) is 5.92 Å². The summed E-state index contributed by atoms with van der Waals surface area (Å²) in [5.74, 6) is 1.71. The summed E-state index contributed by atoms with van der Waals surface area (Å²) in [5, 5.41) is 6.38. The van der Waals surface area contributed by atoms with Gasteiger partial charge in [-0.25, -0.2) is 0 Å². The van der Waals surface area contributed by atoms with Gasteiger partial charge in [-0.3, -0.25) is 4.79 Å². The van der Waals surface area contributed by atoms with Gasteiger partial charge in [0.25, 0.3) is 0 Å². The van der Waals surface area contributed by atoms with Crippen molar-refractivity contribution in [1.29, 1.82) is 0 Å². The van der Waals surface area contributed by atoms with Crippen molar-refractivity contribution in [1.82, 2.24) is 10.6 Å². The standard InChI is InChI=1S/C15H19BrN2O3.ClH/c1-9-4-11(2-3-17-9)15(19)18-7-10-5-12(16)14-13(6-10)20-8-21-14;/h5-6,9,11,17H,2-4,7-8H2,1H3,(H,18,19);1H/t9-,11-;/m0./s1. The van der Waals surface area contributed by atoms with Crippen LogP contribution in [-0.2, 0) is 11.3 Å². The highest BCUT2D eigenvalue weighted by molar-refractivity contribution is 9.10. The SMILES string of the molecule is C[C@H]1C[C@@H](C(=O)NCc2cc(Br)c3c(c2)OCO3)CCN1.Cl. The third-order valence-electron chi connectivity index (χ3n) is 3.95. The number of hydrogen-bond acceptors (Lipinski definition) is 4. The van der Waals surface area contributed by atoms with Gasteiger partial charge in [0.15, 0.2) is 11.5 Å². The number of halogens is 2. The van der Waals surface area contributed by atoms with E-state index < -0.39 is 0 Å². The average Bonchev–Trinajstić information content (AvgIpc) is 2.93. The fourth-order valence-corrected chi connectivity index (χ4v) is 3.43. The van der Waals surface area contributed by atoms with Crippen LogP contribution in [-0.4, -0.2) is 25.3 Å². The molecule has 22 heavy (non-hydrogen) atoms. The summed E-state index contributed by atoms with van der Waals surface area (Å²) in [7, 11) is 0. The van der Waals surface area contributed by atoms with Crippen molar-refractivity contribution in [3.63, 3.8) is 0 Å². The second-order valence-electron chi connectivity index (χ2n) is 5.61. The number of fused-ring (bicyclic) bond motifs is 1. The quantitative estimate of drug-likeness (QED) is 0.831. The van der Waals surface area contributed by atoms with E-state index in [9.17, 15) is 4.79 Å². The molecule has 2 aliphatic rings. The molecular formula is C15H20BrClN2O3. The summed E-state index contributed by atoms with van der Waals surface area (Å²) in [6.45, 7) is 3.78. The summed E-state index contributed by atoms with van der Waals surface area (Å²) in [5.41, 5.74) is 1.00. The zero-order valence-electron chi connectivity index (χ0n) is 12.4. The monoisotopic (exact) mass is 390 g/mol. The number of rotatable bonds is 3. The first-order valence-electron chi connectivity index (χ1n) is 7.22. The Bertz CT molecular complexity index is 556. The Kier molecular flexibility index (Phi) is 5.94. The third-order valence-corrected chi connectivity index (χ3v) is 4.54. The van der Waals surface area contributed by atoms with Crippen molar-refractivity contribution in [3.8, 4) is 11.5 Å². The van der Waals surface area contributed by atoms with Crippen LogP contribution in [0.2, 0.25) is 0 Å². The van der Waals surface area contributed by atoms with Gasteiger partial charge in [-0.05, 0) is 59.9 Å². The van der Waals surface area contributed by atoms with Gasteiger partial charge in [-0.15, -0.1) is 12.4 Å². The van der Waals surface area contributed by atoms with E-state index in [0.717, 1.165) is 40.9 Å². The molecule has 2 atom stereocenters. The van der Waals surface area contributed by atoms with E-state index in [1.165, 1.54) is 0 Å². The minimum Gasteiger partial charge on any atom is -0.454 e. The molecule has 1 aromatic rings. The Morgan fingerprint density at radius 3 is 3.05 bits per heavy atom. The van der Waals surface area contributed by atoms with Gasteiger partial charge in [0.2, 0.25) is 12.7 Å². The molecule has 0 bridgehead atoms. The first-order chi connectivity index (χ1) is 10.1. The smallest absolute Gasteiger partial charge is 0.231 e. The lowest BCUT2D eigenvalue weighted by molar-refractivity contribution is -0.126. The number of benzene rings is 1. The van der Waals surface area contributed by atoms with Crippen LogP contribution < -0.4 is 20.1 Å². The van der Waals surface area contributed by atoms with Gasteiger partial charge < -0.3 is 20.1 Å². The second-order valence-corrected chi connectivity index (χ2v) is 6.46. The first kappa shape index (κ1) is 17.4. The third kappa shape index (κ3) is 3.86. The van der Waals surface area contributed by atoms with Gasteiger partial charge in [0.05, 0.1) is 4.47 Å². The molecule has 1 saturated heterocycles. The Labute approximate surface area is 144 Å². The predicted octanol–water partition coefficient (Wildman–Crippen LogP) is 2.60. The minimum absolute atomic E-state index is 0. The number of carbonyl (C=O) groups is 1. The molecule has 5 nitrogen and oxygen atoms in total. The van der Waals surface area contributed by atoms with Crippen LogP contribution in [0, 0.1) is 5.92 Å². The zero-order chi connectivity index (χ0) is 14.8. The molecule has 0 spiro atoms. The highest BCUT2D eigenvalue weighted by Gasteiger charge is 2.24. The van der Waals surface area contributed by atoms with Gasteiger partial charge in [0, 0.05) is 18.5 Å². The van der Waals surface area contributed by atoms with E-state index in [-0.39, 0.29) is 31.0 Å². The van der Waals surface area contributed by atoms with Crippen LogP contribution in [0.5, 0.6) is 11.5 Å². The molecule has 0 radical (unpaired) electrons. The van der Waals surface area contributed by atoms with Crippen LogP contribution in [0.3, 0.4) is 0 Å². The van der Waals surface area contributed by atoms with E-state index in [4.69, 9.17) is 9.47 Å². The summed E-state index contributed by atoms with van der Waals surface area (Å²) >= 11 is 3.46. The van der Waals surface area contributed by atoms with E-state index >= 15 is 0 Å². The molecule has 0 unspecified atom stereocenters. The predicted molar refractivity (Wildman–Crippen MR) is 89.5 cm³/mol. The van der Waals surface area contributed by atoms with Crippen molar-refractivity contribution in [2.45, 2.75) is 32.4 Å². The lowest BCUT2D eigenvalue weighted by Crippen LogP contribution is -2.42. The maximum absolute atomic E-state index is 12.2. The molecule has 0 aromatic heterocycles. The Morgan fingerprint density at radius 2 is 2.27 bits per heavy atom. The summed E-state index contributed by atoms with van der Waals surface area (Å²) in [4.78, 5) is 12.2. The number of carbonyl (C=O) groups excluding carboxylic acids is 1. The zero-order valence-corrected chi connectivity index (χ0v) is 14.8. The van der Waals surface area contributed by atoms with Gasteiger partial charge in [-0.1, -0.05) is 0 Å². The molecule has 7 heteroatoms. The second kappa shape index (κ2) is 7.53. The fourth-order valence-electron chi connectivity index (χ4n) is 2.83. The number of hydrogen-bond donors (Lipinski definition) is 2. The molecule has 1 fully saturated rings. The van der Waals surface area contributed by atoms with E-state index in [0.29, 0.717) is 12.6 Å². The van der Waals surface area contributed by atoms with Crippen LogP contribution in [0.4, 0.5) is 0 Å². The first-order valence-corrected chi connectivity index (χ1v) is 8.02. The molecule has 3 rings (SSSR count). The van der Waals surface area contributed by atoms with Crippen molar-refractivity contribution in [3.05, 3.63) is 22.2 Å². The Hall–Kier alpha value is -0.980. The average molecular weight is 392 g/mol. The lowest BCUT2D eigenvalue weighted by Gasteiger charge is -2.27. The van der Waals surface area contributed by atoms with Crippen LogP contribution in [0.25, 0.3) is 0 Å². The van der Waals surface area contributed by atoms with E-state index in [2.05, 4.69) is 33.5 Å². The minimum atomic E-state index is 0. The Morgan fingerprint density at radius 1 is 1.45 bits per heavy atom. The molecule has 0 saturated carbocycles. The number of nitrogens with one attached hydrogen (secondary N) is 2. The van der Waals surface area contributed by atoms with Gasteiger partial charge in [0.1, 0.15) is 0 Å². The number of amides is 1. The van der Waals surface area contributed by atoms with Crippen LogP contribution in [0.1, 0.15) is 25.3 Å². The molecule has 2 heterocycles. The summed E-state index contributed by atoms with van der Waals surface area (Å²) in [6, 6.07) is 4.28. The largest absolute Gasteiger partial charge is 0.454 e. The lowest BCUT2D eigenvalue weighted by atomic mass is 9.92. The van der Waals surface area contributed by atoms with Crippen LogP contribution in [0.15, 0.2) is 16.6 Å². The topological polar surface area (TPSA) is 59.6 Å². The van der Waals surface area contributed by atoms with Gasteiger partial charge >= 0.3 is 0 Å². The number of ether oxygens (including phenoxy) is 2. The molecule has 2 aliphatic heterocycles. The van der Waals surface area contributed by atoms with Crippen molar-refractivity contribution in [2.75, 3.05) is 13.3 Å². The maximum Gasteiger partial charge on any atom is 0.231 e. The van der Waals surface area contributed by atoms with Crippen molar-refractivity contribution < 1.29 is 14.3 Å². The Balaban J connectivity index is 0.00000176. The maximum atomic E-state index is 12.2. The van der Waals surface area contributed by atoms with Gasteiger partial charge in [-0.2, -0.15) is 0 Å². The summed E-state index contributed by atoms with van der Waals surface area (Å²) in [6.07, 6.45) is 1.80. The molecule has 2 N–H and O–H groups in total. The van der Waals surface area contributed by atoms with E-state index in [1.54, 1.807) is 0 Å². The van der Waals surface area contributed by atoms with Crippen LogP contribution >= 0.6 is 28.3 Å². The van der Waals surface area contributed by atoms with Crippen molar-refractivity contribution >= 4 is 34.2 Å². The highest BCUT2D eigenvalue weighted by Crippen LogP contribution is 2.39. The van der Waals surface area contributed by atoms with E-state index in [1.807, 2.05) is 12.1 Å².